The molecule has 0 aliphatic carbocycles. The van der Waals surface area contributed by atoms with Gasteiger partial charge in [0.15, 0.2) is 11.2 Å². The van der Waals surface area contributed by atoms with Gasteiger partial charge in [-0.2, -0.15) is 4.40 Å². The molecule has 0 atom stereocenters. The number of nitrogens with one attached hydrogen (secondary N) is 2. The van der Waals surface area contributed by atoms with E-state index in [0.29, 0.717) is 37.3 Å². The van der Waals surface area contributed by atoms with Crippen LogP contribution in [0.4, 0.5) is 8.78 Å². The molecule has 1 amide bonds. The zero-order valence-electron chi connectivity index (χ0n) is 15.0. The molecule has 6 nitrogen and oxygen atoms in total. The molecule has 0 bridgehead atoms. The topological polar surface area (TPSA) is 78.4 Å². The summed E-state index contributed by atoms with van der Waals surface area (Å²) in [6.45, 7) is 0.696. The van der Waals surface area contributed by atoms with Gasteiger partial charge in [-0.25, -0.2) is 13.8 Å². The third kappa shape index (κ3) is 3.25. The Bertz CT molecular complexity index is 1030. The number of H-pyrrole nitrogens is 1. The predicted molar refractivity (Wildman–Crippen MR) is 96.6 cm³/mol. The third-order valence-electron chi connectivity index (χ3n) is 5.15. The predicted octanol–water partition coefficient (Wildman–Crippen LogP) is 1.97. The van der Waals surface area contributed by atoms with E-state index >= 15 is 0 Å². The number of imidazole rings is 1. The number of aromatic nitrogens is 2. The lowest BCUT2D eigenvalue weighted by molar-refractivity contribution is -0.514. The van der Waals surface area contributed by atoms with Crippen LogP contribution >= 0.6 is 0 Å². The summed E-state index contributed by atoms with van der Waals surface area (Å²) >= 11 is 0. The lowest BCUT2D eigenvalue weighted by Gasteiger charge is -2.35. The van der Waals surface area contributed by atoms with Crippen molar-refractivity contribution in [3.05, 3.63) is 60.1 Å². The fourth-order valence-corrected chi connectivity index (χ4v) is 3.53. The normalized spacial score (nSPS) is 16.2. The van der Waals surface area contributed by atoms with Crippen LogP contribution in [0.3, 0.4) is 0 Å². The quantitative estimate of drug-likeness (QED) is 0.598. The summed E-state index contributed by atoms with van der Waals surface area (Å²) in [4.78, 5) is 16.0. The number of aliphatic hydroxyl groups is 1. The van der Waals surface area contributed by atoms with Gasteiger partial charge in [-0.15, -0.1) is 0 Å². The molecule has 0 spiro atoms. The Morgan fingerprint density at radius 2 is 2.04 bits per heavy atom. The van der Waals surface area contributed by atoms with Crippen LogP contribution in [0.2, 0.25) is 0 Å². The summed E-state index contributed by atoms with van der Waals surface area (Å²) in [5, 5.41) is 12.7. The van der Waals surface area contributed by atoms with E-state index in [9.17, 15) is 18.7 Å². The number of carbonyl (C=O) groups is 1. The van der Waals surface area contributed by atoms with Crippen LogP contribution in [0.1, 0.15) is 23.5 Å². The van der Waals surface area contributed by atoms with Gasteiger partial charge in [-0.3, -0.25) is 4.79 Å². The van der Waals surface area contributed by atoms with Crippen molar-refractivity contribution in [1.29, 1.82) is 0 Å². The first kappa shape index (κ1) is 18.5. The average Bonchev–Trinajstić information content (AvgIpc) is 3.08. The number of hydrogen-bond donors (Lipinski definition) is 3. The van der Waals surface area contributed by atoms with E-state index in [-0.39, 0.29) is 18.0 Å². The molecule has 28 heavy (non-hydrogen) atoms. The summed E-state index contributed by atoms with van der Waals surface area (Å²) in [5.41, 5.74) is 0.340. The number of benzene rings is 1. The second kappa shape index (κ2) is 7.29. The smallest absolute Gasteiger partial charge is 0.351 e. The van der Waals surface area contributed by atoms with E-state index in [1.807, 2.05) is 0 Å². The number of nitrogens with zero attached hydrogens (tertiary/aromatic N) is 1. The Labute approximate surface area is 159 Å². The van der Waals surface area contributed by atoms with Gasteiger partial charge in [-0.05, 0) is 37.1 Å². The third-order valence-corrected chi connectivity index (χ3v) is 5.15. The number of carbonyl (C=O) groups excluding carboxylic acids is 1. The molecular formula is C20H20F2N3O3+. The largest absolute Gasteiger partial charge is 0.394 e. The molecule has 2 aromatic heterocycles. The number of aromatic amines is 1. The van der Waals surface area contributed by atoms with Gasteiger partial charge in [0, 0.05) is 19.3 Å². The van der Waals surface area contributed by atoms with Crippen LogP contribution in [0.5, 0.6) is 0 Å². The van der Waals surface area contributed by atoms with Crippen LogP contribution in [0.25, 0.3) is 16.8 Å². The van der Waals surface area contributed by atoms with E-state index in [1.165, 1.54) is 12.1 Å². The van der Waals surface area contributed by atoms with Crippen molar-refractivity contribution in [2.24, 2.45) is 0 Å². The van der Waals surface area contributed by atoms with Gasteiger partial charge in [0.2, 0.25) is 0 Å². The molecule has 0 unspecified atom stereocenters. The molecule has 8 heteroatoms. The molecule has 3 aromatic rings. The number of halogens is 2. The van der Waals surface area contributed by atoms with Gasteiger partial charge >= 0.3 is 11.7 Å². The minimum absolute atomic E-state index is 0.159. The van der Waals surface area contributed by atoms with Crippen molar-refractivity contribution in [2.75, 3.05) is 19.8 Å². The summed E-state index contributed by atoms with van der Waals surface area (Å²) < 4.78 is 34.6. The van der Waals surface area contributed by atoms with E-state index in [2.05, 4.69) is 10.3 Å². The second-order valence-corrected chi connectivity index (χ2v) is 6.93. The zero-order valence-corrected chi connectivity index (χ0v) is 15.0. The van der Waals surface area contributed by atoms with Gasteiger partial charge in [0.1, 0.15) is 11.6 Å². The van der Waals surface area contributed by atoms with Gasteiger partial charge in [0.25, 0.3) is 0 Å². The summed E-state index contributed by atoms with van der Waals surface area (Å²) in [6.07, 6.45) is 2.68. The molecule has 146 valence electrons. The van der Waals surface area contributed by atoms with Crippen LogP contribution < -0.4 is 9.72 Å². The number of rotatable bonds is 4. The maximum absolute atomic E-state index is 14.3. The van der Waals surface area contributed by atoms with Crippen molar-refractivity contribution in [3.8, 4) is 11.3 Å². The lowest BCUT2D eigenvalue weighted by Crippen LogP contribution is -2.55. The summed E-state index contributed by atoms with van der Waals surface area (Å²) in [7, 11) is 0. The molecular weight excluding hydrogens is 368 g/mol. The average molecular weight is 388 g/mol. The van der Waals surface area contributed by atoms with Crippen molar-refractivity contribution in [2.45, 2.75) is 18.4 Å². The molecule has 0 saturated carbocycles. The highest BCUT2D eigenvalue weighted by molar-refractivity contribution is 5.92. The Morgan fingerprint density at radius 1 is 1.25 bits per heavy atom. The molecule has 3 heterocycles. The Kier molecular flexibility index (Phi) is 4.82. The maximum Gasteiger partial charge on any atom is 0.351 e. The van der Waals surface area contributed by atoms with Crippen LogP contribution in [0, 0.1) is 11.6 Å². The standard InChI is InChI=1S/C20H19F2N3O3/c21-13-4-5-14(15(22)11-13)17-16-3-1-2-8-25(16)18(23-17)19(27)24-20(12-26)6-9-28-10-7-20/h1-5,8,11,26H,6-7,9-10,12H2,(H,24,27)/p+1. The van der Waals surface area contributed by atoms with E-state index in [0.717, 1.165) is 6.07 Å². The molecule has 1 aliphatic rings. The van der Waals surface area contributed by atoms with Gasteiger partial charge in [0.05, 0.1) is 23.9 Å². The fourth-order valence-electron chi connectivity index (χ4n) is 3.53. The van der Waals surface area contributed by atoms with Crippen LogP contribution in [-0.2, 0) is 4.74 Å². The number of pyridine rings is 1. The van der Waals surface area contributed by atoms with Crippen molar-refractivity contribution in [1.82, 2.24) is 10.3 Å². The minimum atomic E-state index is -0.761. The van der Waals surface area contributed by atoms with Gasteiger partial charge < -0.3 is 15.2 Å². The first-order chi connectivity index (χ1) is 13.5. The molecule has 3 N–H and O–H groups in total. The Balaban J connectivity index is 1.77. The second-order valence-electron chi connectivity index (χ2n) is 6.93. The van der Waals surface area contributed by atoms with Crippen molar-refractivity contribution < 1.29 is 27.8 Å². The van der Waals surface area contributed by atoms with Gasteiger partial charge in [-0.1, -0.05) is 6.07 Å². The first-order valence-electron chi connectivity index (χ1n) is 9.02. The Morgan fingerprint density at radius 3 is 2.75 bits per heavy atom. The first-order valence-corrected chi connectivity index (χ1v) is 9.02. The number of aliphatic hydroxyl groups excluding tert-OH is 1. The molecule has 1 saturated heterocycles. The van der Waals surface area contributed by atoms with Crippen molar-refractivity contribution >= 4 is 11.4 Å². The molecule has 1 fully saturated rings. The molecule has 0 radical (unpaired) electrons. The fraction of sp³-hybridized carbons (Fsp3) is 0.300. The minimum Gasteiger partial charge on any atom is -0.394 e. The highest BCUT2D eigenvalue weighted by atomic mass is 19.1. The van der Waals surface area contributed by atoms with E-state index in [1.54, 1.807) is 28.8 Å². The number of ether oxygens (including phenoxy) is 1. The van der Waals surface area contributed by atoms with Crippen LogP contribution in [-0.4, -0.2) is 41.4 Å². The Hall–Kier alpha value is -2.84. The highest BCUT2D eigenvalue weighted by Crippen LogP contribution is 2.26. The number of amides is 1. The molecule has 4 rings (SSSR count). The summed E-state index contributed by atoms with van der Waals surface area (Å²) in [5.74, 6) is -1.64. The molecule has 1 aliphatic heterocycles. The van der Waals surface area contributed by atoms with E-state index < -0.39 is 23.1 Å². The highest BCUT2D eigenvalue weighted by Gasteiger charge is 2.37. The number of hydrogen-bond acceptors (Lipinski definition) is 3. The number of fused-ring (bicyclic) bond motifs is 1. The van der Waals surface area contributed by atoms with Crippen LogP contribution in [0.15, 0.2) is 42.6 Å². The zero-order chi connectivity index (χ0) is 19.7. The maximum atomic E-state index is 14.3. The van der Waals surface area contributed by atoms with Crippen molar-refractivity contribution in [3.63, 3.8) is 0 Å². The van der Waals surface area contributed by atoms with E-state index in [4.69, 9.17) is 4.74 Å². The monoisotopic (exact) mass is 388 g/mol. The lowest BCUT2D eigenvalue weighted by atomic mass is 9.91. The SMILES string of the molecule is O=C(NC1(CO)CCOCC1)c1[nH]c(-c2ccc(F)cc2F)c2cccc[n+]12. The summed E-state index contributed by atoms with van der Waals surface area (Å²) in [6, 6.07) is 8.56. The molecule has 1 aromatic carbocycles.